The normalized spacial score (nSPS) is 11.8. The third kappa shape index (κ3) is 5.73. The van der Waals surface area contributed by atoms with Gasteiger partial charge in [-0.25, -0.2) is 13.0 Å². The third-order valence-electron chi connectivity index (χ3n) is 6.32. The Labute approximate surface area is 220 Å². The van der Waals surface area contributed by atoms with Gasteiger partial charge in [0.25, 0.3) is 0 Å². The molecule has 0 amide bonds. The summed E-state index contributed by atoms with van der Waals surface area (Å²) in [6, 6.07) is 16.6. The molecular weight excluding hydrogens is 512 g/mol. The zero-order valence-electron chi connectivity index (χ0n) is 20.7. The topological polar surface area (TPSA) is 158 Å². The standard InChI is InChI=1S/C27H30N2O8S/c30-13-9-28(10-14-31)19-5-7-21-24(17-19)37-25-18-20(29(11-15-32)12-16-33)6-8-22(25)27(21)23-3-1-2-4-26(23)38(34,35)36/h1-8,17-18,30-33H,9-16H2. The van der Waals surface area contributed by atoms with Gasteiger partial charge in [0.2, 0.25) is 5.36 Å². The monoisotopic (exact) mass is 542 g/mol. The molecule has 1 aliphatic carbocycles. The molecule has 0 bridgehead atoms. The number of aliphatic hydroxyl groups excluding tert-OH is 4. The van der Waals surface area contributed by atoms with E-state index in [1.54, 1.807) is 58.0 Å². The molecule has 0 radical (unpaired) electrons. The van der Waals surface area contributed by atoms with Crippen LogP contribution < -0.4 is 14.8 Å². The Morgan fingerprint density at radius 2 is 1.50 bits per heavy atom. The third-order valence-corrected chi connectivity index (χ3v) is 7.22. The molecule has 0 fully saturated rings. The number of nitrogens with zero attached hydrogens (tertiary/aromatic N) is 2. The number of fused-ring (bicyclic) bond motifs is 2. The summed E-state index contributed by atoms with van der Waals surface area (Å²) in [5.74, 6) is 0.400. The van der Waals surface area contributed by atoms with Crippen molar-refractivity contribution in [3.8, 4) is 22.5 Å². The second-order valence-electron chi connectivity index (χ2n) is 8.66. The molecule has 11 heteroatoms. The average Bonchev–Trinajstić information content (AvgIpc) is 2.90. The molecule has 38 heavy (non-hydrogen) atoms. The van der Waals surface area contributed by atoms with Gasteiger partial charge in [0.05, 0.1) is 24.2 Å². The molecule has 2 aliphatic rings. The van der Waals surface area contributed by atoms with E-state index >= 15 is 0 Å². The largest absolute Gasteiger partial charge is 0.744 e. The average molecular weight is 543 g/mol. The van der Waals surface area contributed by atoms with Crippen LogP contribution in [0.3, 0.4) is 0 Å². The molecule has 10 nitrogen and oxygen atoms in total. The summed E-state index contributed by atoms with van der Waals surface area (Å²) >= 11 is 0. The van der Waals surface area contributed by atoms with Gasteiger partial charge in [-0.3, -0.25) is 0 Å². The Balaban J connectivity index is 2.10. The number of hydrogen-bond acceptors (Lipinski definition) is 9. The maximum atomic E-state index is 12.2. The van der Waals surface area contributed by atoms with E-state index in [0.717, 1.165) is 0 Å². The van der Waals surface area contributed by atoms with Crippen molar-refractivity contribution in [2.24, 2.45) is 0 Å². The molecule has 4 N–H and O–H groups in total. The molecule has 0 atom stereocenters. The summed E-state index contributed by atoms with van der Waals surface area (Å²) in [5, 5.41) is 39.1. The molecule has 0 saturated carbocycles. The summed E-state index contributed by atoms with van der Waals surface area (Å²) in [7, 11) is -4.80. The van der Waals surface area contributed by atoms with Gasteiger partial charge >= 0.3 is 0 Å². The van der Waals surface area contributed by atoms with Gasteiger partial charge in [-0.2, -0.15) is 0 Å². The van der Waals surface area contributed by atoms with Crippen LogP contribution in [-0.4, -0.2) is 86.0 Å². The number of aliphatic hydroxyl groups is 4. The second kappa shape index (κ2) is 12.0. The van der Waals surface area contributed by atoms with Crippen LogP contribution in [0.15, 0.2) is 70.0 Å². The summed E-state index contributed by atoms with van der Waals surface area (Å²) < 4.78 is 44.6. The molecule has 0 spiro atoms. The van der Waals surface area contributed by atoms with Crippen LogP contribution in [0.4, 0.5) is 5.69 Å². The maximum Gasteiger partial charge on any atom is 0.203 e. The van der Waals surface area contributed by atoms with E-state index in [1.807, 2.05) is 0 Å². The second-order valence-corrected chi connectivity index (χ2v) is 10.0. The van der Waals surface area contributed by atoms with Gasteiger partial charge in [0.15, 0.2) is 13.1 Å². The highest BCUT2D eigenvalue weighted by Crippen LogP contribution is 2.42. The summed E-state index contributed by atoms with van der Waals surface area (Å²) in [5.41, 5.74) is 2.38. The first-order valence-electron chi connectivity index (χ1n) is 12.1. The van der Waals surface area contributed by atoms with Gasteiger partial charge in [0, 0.05) is 53.0 Å². The van der Waals surface area contributed by atoms with E-state index in [0.29, 0.717) is 38.9 Å². The van der Waals surface area contributed by atoms with Crippen LogP contribution in [0.25, 0.3) is 33.4 Å². The fraction of sp³-hybridized carbons (Fsp3) is 0.296. The van der Waals surface area contributed by atoms with Crippen molar-refractivity contribution in [1.82, 2.24) is 4.58 Å². The molecule has 0 saturated heterocycles. The molecule has 2 aromatic rings. The first-order valence-corrected chi connectivity index (χ1v) is 13.6. The fourth-order valence-electron chi connectivity index (χ4n) is 4.67. The maximum absolute atomic E-state index is 12.2. The SMILES string of the molecule is O=S(=O)([O-])c1ccccc1-c1c2ccc(=[N+](CCO)CCO)cc-2oc2cc(N(CCO)CCO)ccc12. The minimum absolute atomic E-state index is 0.123. The van der Waals surface area contributed by atoms with Crippen molar-refractivity contribution in [2.75, 3.05) is 57.5 Å². The highest BCUT2D eigenvalue weighted by molar-refractivity contribution is 7.85. The van der Waals surface area contributed by atoms with E-state index in [9.17, 15) is 33.4 Å². The predicted octanol–water partition coefficient (Wildman–Crippen LogP) is 0.657. The number of benzene rings is 3. The van der Waals surface area contributed by atoms with Gasteiger partial charge in [0.1, 0.15) is 34.7 Å². The Morgan fingerprint density at radius 1 is 0.816 bits per heavy atom. The van der Waals surface area contributed by atoms with Crippen LogP contribution in [0.2, 0.25) is 0 Å². The number of anilines is 1. The lowest BCUT2D eigenvalue weighted by molar-refractivity contribution is 0.250. The zero-order chi connectivity index (χ0) is 27.3. The van der Waals surface area contributed by atoms with E-state index in [2.05, 4.69) is 0 Å². The van der Waals surface area contributed by atoms with Gasteiger partial charge in [-0.1, -0.05) is 18.2 Å². The van der Waals surface area contributed by atoms with E-state index in [-0.39, 0.29) is 63.1 Å². The first-order chi connectivity index (χ1) is 18.3. The van der Waals surface area contributed by atoms with Crippen LogP contribution in [0, 0.1) is 0 Å². The lowest BCUT2D eigenvalue weighted by Crippen LogP contribution is -2.34. The first kappa shape index (κ1) is 27.7. The van der Waals surface area contributed by atoms with Crippen LogP contribution >= 0.6 is 0 Å². The Hall–Kier alpha value is -3.32. The van der Waals surface area contributed by atoms with Crippen LogP contribution in [0.1, 0.15) is 0 Å². The number of rotatable bonds is 11. The van der Waals surface area contributed by atoms with Gasteiger partial charge in [-0.05, 0) is 24.3 Å². The predicted molar refractivity (Wildman–Crippen MR) is 142 cm³/mol. The summed E-state index contributed by atoms with van der Waals surface area (Å²) in [6.07, 6.45) is 0. The van der Waals surface area contributed by atoms with Crippen LogP contribution in [-0.2, 0) is 10.1 Å². The van der Waals surface area contributed by atoms with Crippen LogP contribution in [0.5, 0.6) is 0 Å². The zero-order valence-corrected chi connectivity index (χ0v) is 21.5. The fourth-order valence-corrected chi connectivity index (χ4v) is 5.35. The minimum Gasteiger partial charge on any atom is -0.744 e. The highest BCUT2D eigenvalue weighted by atomic mass is 32.2. The molecule has 1 aliphatic heterocycles. The van der Waals surface area contributed by atoms with Crippen molar-refractivity contribution in [3.05, 3.63) is 66.0 Å². The molecular formula is C27H30N2O8S. The van der Waals surface area contributed by atoms with E-state index in [1.165, 1.54) is 12.1 Å². The summed E-state index contributed by atoms with van der Waals surface area (Å²) in [4.78, 5) is 1.43. The lowest BCUT2D eigenvalue weighted by Gasteiger charge is -2.24. The Morgan fingerprint density at radius 3 is 2.13 bits per heavy atom. The van der Waals surface area contributed by atoms with Gasteiger partial charge in [-0.15, -0.1) is 0 Å². The van der Waals surface area contributed by atoms with E-state index < -0.39 is 10.1 Å². The molecule has 202 valence electrons. The number of hydrogen-bond donors (Lipinski definition) is 4. The van der Waals surface area contributed by atoms with Crippen molar-refractivity contribution >= 4 is 26.8 Å². The van der Waals surface area contributed by atoms with Crippen molar-refractivity contribution in [3.63, 3.8) is 0 Å². The highest BCUT2D eigenvalue weighted by Gasteiger charge is 2.22. The minimum atomic E-state index is -4.80. The molecule has 0 unspecified atom stereocenters. The van der Waals surface area contributed by atoms with Gasteiger partial charge < -0.3 is 34.3 Å². The van der Waals surface area contributed by atoms with Crippen molar-refractivity contribution in [1.29, 1.82) is 0 Å². The molecule has 1 heterocycles. The van der Waals surface area contributed by atoms with Crippen molar-refractivity contribution in [2.45, 2.75) is 4.90 Å². The molecule has 2 aromatic carbocycles. The lowest BCUT2D eigenvalue weighted by atomic mass is 9.93. The Bertz CT molecular complexity index is 1550. The summed E-state index contributed by atoms with van der Waals surface area (Å²) in [6.45, 7) is 0.639. The van der Waals surface area contributed by atoms with E-state index in [4.69, 9.17) is 4.42 Å². The molecule has 0 aromatic heterocycles. The molecule has 4 rings (SSSR count). The smallest absolute Gasteiger partial charge is 0.203 e. The quantitative estimate of drug-likeness (QED) is 0.121. The van der Waals surface area contributed by atoms with Crippen molar-refractivity contribution < 1.29 is 37.8 Å². The Kier molecular flexibility index (Phi) is 8.77.